The molecule has 0 fully saturated rings. The maximum absolute atomic E-state index is 12.6. The van der Waals surface area contributed by atoms with Crippen molar-refractivity contribution in [2.24, 2.45) is 5.92 Å². The zero-order chi connectivity index (χ0) is 22.6. The summed E-state index contributed by atoms with van der Waals surface area (Å²) < 4.78 is 27.9. The lowest BCUT2D eigenvalue weighted by Gasteiger charge is -2.16. The fourth-order valence-electron chi connectivity index (χ4n) is 3.58. The van der Waals surface area contributed by atoms with E-state index in [0.717, 1.165) is 23.2 Å². The molecule has 3 rings (SSSR count). The second-order valence-electron chi connectivity index (χ2n) is 8.11. The van der Waals surface area contributed by atoms with Crippen molar-refractivity contribution >= 4 is 33.2 Å². The van der Waals surface area contributed by atoms with Gasteiger partial charge in [-0.2, -0.15) is 0 Å². The second-order valence-corrected chi connectivity index (χ2v) is 9.87. The van der Waals surface area contributed by atoms with Crippen molar-refractivity contribution in [2.75, 3.05) is 16.8 Å². The van der Waals surface area contributed by atoms with Crippen LogP contribution >= 0.6 is 0 Å². The predicted octanol–water partition coefficient (Wildman–Crippen LogP) is 3.45. The zero-order valence-corrected chi connectivity index (χ0v) is 19.0. The van der Waals surface area contributed by atoms with E-state index in [2.05, 4.69) is 10.0 Å². The van der Waals surface area contributed by atoms with Crippen LogP contribution in [0.4, 0.5) is 11.4 Å². The highest BCUT2D eigenvalue weighted by atomic mass is 32.2. The Kier molecular flexibility index (Phi) is 7.12. The van der Waals surface area contributed by atoms with Crippen LogP contribution in [0.5, 0.6) is 0 Å². The molecule has 31 heavy (non-hydrogen) atoms. The van der Waals surface area contributed by atoms with Gasteiger partial charge in [0.1, 0.15) is 0 Å². The Morgan fingerprint density at radius 1 is 1.10 bits per heavy atom. The lowest BCUT2D eigenvalue weighted by atomic mass is 10.1. The number of sulfonamides is 1. The van der Waals surface area contributed by atoms with Crippen LogP contribution in [-0.2, 0) is 32.6 Å². The third-order valence-electron chi connectivity index (χ3n) is 5.15. The molecule has 0 aliphatic carbocycles. The first-order chi connectivity index (χ1) is 14.7. The van der Waals surface area contributed by atoms with Crippen molar-refractivity contribution in [2.45, 2.75) is 51.5 Å². The van der Waals surface area contributed by atoms with Gasteiger partial charge in [0, 0.05) is 37.3 Å². The molecule has 0 radical (unpaired) electrons. The van der Waals surface area contributed by atoms with E-state index in [4.69, 9.17) is 0 Å². The van der Waals surface area contributed by atoms with Gasteiger partial charge in [0.15, 0.2) is 0 Å². The molecule has 0 unspecified atom stereocenters. The highest BCUT2D eigenvalue weighted by Crippen LogP contribution is 2.29. The fourth-order valence-corrected chi connectivity index (χ4v) is 4.59. The molecule has 0 saturated carbocycles. The summed E-state index contributed by atoms with van der Waals surface area (Å²) in [5.41, 5.74) is 3.37. The van der Waals surface area contributed by atoms with Crippen molar-refractivity contribution in [3.63, 3.8) is 0 Å². The van der Waals surface area contributed by atoms with Crippen molar-refractivity contribution in [3.8, 4) is 0 Å². The van der Waals surface area contributed by atoms with E-state index < -0.39 is 10.0 Å². The first kappa shape index (κ1) is 23.0. The van der Waals surface area contributed by atoms with Gasteiger partial charge in [0.05, 0.1) is 4.90 Å². The molecule has 166 valence electrons. The lowest BCUT2D eigenvalue weighted by molar-refractivity contribution is -0.118. The van der Waals surface area contributed by atoms with Crippen LogP contribution in [0.15, 0.2) is 47.4 Å². The SMILES string of the molecule is CCC(=O)N1CCc2cc(CNS(=O)(=O)c3ccc(NC(=O)CC(C)C)cc3)ccc21. The molecule has 7 nitrogen and oxygen atoms in total. The molecule has 1 aliphatic heterocycles. The molecule has 2 aromatic rings. The monoisotopic (exact) mass is 443 g/mol. The number of hydrogen-bond acceptors (Lipinski definition) is 4. The molecule has 2 aromatic carbocycles. The quantitative estimate of drug-likeness (QED) is 0.653. The molecule has 0 bridgehead atoms. The van der Waals surface area contributed by atoms with Crippen LogP contribution in [-0.4, -0.2) is 26.8 Å². The Bertz CT molecular complexity index is 1060. The molecular weight excluding hydrogens is 414 g/mol. The van der Waals surface area contributed by atoms with Crippen molar-refractivity contribution < 1.29 is 18.0 Å². The van der Waals surface area contributed by atoms with Gasteiger partial charge in [-0.05, 0) is 53.8 Å². The molecule has 0 atom stereocenters. The number of fused-ring (bicyclic) bond motifs is 1. The van der Waals surface area contributed by atoms with Crippen LogP contribution < -0.4 is 14.9 Å². The summed E-state index contributed by atoms with van der Waals surface area (Å²) in [6.07, 6.45) is 1.64. The fraction of sp³-hybridized carbons (Fsp3) is 0.391. The first-order valence-corrected chi connectivity index (χ1v) is 12.0. The van der Waals surface area contributed by atoms with Crippen LogP contribution in [0.1, 0.15) is 44.7 Å². The maximum Gasteiger partial charge on any atom is 0.240 e. The van der Waals surface area contributed by atoms with Crippen molar-refractivity contribution in [1.82, 2.24) is 4.72 Å². The van der Waals surface area contributed by atoms with Gasteiger partial charge in [-0.25, -0.2) is 13.1 Å². The van der Waals surface area contributed by atoms with E-state index in [1.165, 1.54) is 12.1 Å². The van der Waals surface area contributed by atoms with Gasteiger partial charge in [-0.1, -0.05) is 32.9 Å². The van der Waals surface area contributed by atoms with Gasteiger partial charge in [0.25, 0.3) is 0 Å². The summed E-state index contributed by atoms with van der Waals surface area (Å²) in [4.78, 5) is 25.8. The third-order valence-corrected chi connectivity index (χ3v) is 6.57. The van der Waals surface area contributed by atoms with E-state index in [9.17, 15) is 18.0 Å². The molecule has 0 aromatic heterocycles. The van der Waals surface area contributed by atoms with Gasteiger partial charge in [0.2, 0.25) is 21.8 Å². The normalized spacial score (nSPS) is 13.4. The van der Waals surface area contributed by atoms with E-state index in [1.54, 1.807) is 17.0 Å². The van der Waals surface area contributed by atoms with Crippen molar-refractivity contribution in [3.05, 3.63) is 53.6 Å². The number of carbonyl (C=O) groups excluding carboxylic acids is 2. The largest absolute Gasteiger partial charge is 0.326 e. The number of amides is 2. The van der Waals surface area contributed by atoms with Gasteiger partial charge in [-0.15, -0.1) is 0 Å². The smallest absolute Gasteiger partial charge is 0.240 e. The molecule has 8 heteroatoms. The summed E-state index contributed by atoms with van der Waals surface area (Å²) in [6.45, 7) is 6.59. The second kappa shape index (κ2) is 9.62. The summed E-state index contributed by atoms with van der Waals surface area (Å²) in [6, 6.07) is 11.8. The lowest BCUT2D eigenvalue weighted by Crippen LogP contribution is -2.27. The minimum absolute atomic E-state index is 0.0936. The molecule has 0 saturated heterocycles. The standard InChI is InChI=1S/C23H29N3O4S/c1-4-23(28)26-12-11-18-14-17(5-10-21(18)26)15-24-31(29,30)20-8-6-19(7-9-20)25-22(27)13-16(2)3/h5-10,14,16,24H,4,11-13,15H2,1-3H3,(H,25,27). The highest BCUT2D eigenvalue weighted by Gasteiger charge is 2.23. The number of nitrogens with one attached hydrogen (secondary N) is 2. The Morgan fingerprint density at radius 2 is 1.81 bits per heavy atom. The zero-order valence-electron chi connectivity index (χ0n) is 18.1. The van der Waals surface area contributed by atoms with Gasteiger partial charge < -0.3 is 10.2 Å². The van der Waals surface area contributed by atoms with Crippen LogP contribution in [0.2, 0.25) is 0 Å². The first-order valence-electron chi connectivity index (χ1n) is 10.5. The minimum atomic E-state index is -3.69. The van der Waals surface area contributed by atoms with E-state index in [-0.39, 0.29) is 29.2 Å². The van der Waals surface area contributed by atoms with E-state index >= 15 is 0 Å². The minimum Gasteiger partial charge on any atom is -0.326 e. The molecule has 1 heterocycles. The molecular formula is C23H29N3O4S. The van der Waals surface area contributed by atoms with Gasteiger partial charge >= 0.3 is 0 Å². The Labute approximate surface area is 183 Å². The molecule has 2 amide bonds. The Balaban J connectivity index is 1.63. The van der Waals surface area contributed by atoms with E-state index in [0.29, 0.717) is 25.1 Å². The maximum atomic E-state index is 12.6. The van der Waals surface area contributed by atoms with Crippen LogP contribution in [0, 0.1) is 5.92 Å². The number of carbonyl (C=O) groups is 2. The Hall–Kier alpha value is -2.71. The van der Waals surface area contributed by atoms with Crippen LogP contribution in [0.25, 0.3) is 0 Å². The number of nitrogens with zero attached hydrogens (tertiary/aromatic N) is 1. The molecule has 1 aliphatic rings. The highest BCUT2D eigenvalue weighted by molar-refractivity contribution is 7.89. The van der Waals surface area contributed by atoms with Crippen molar-refractivity contribution in [1.29, 1.82) is 0 Å². The van der Waals surface area contributed by atoms with Gasteiger partial charge in [-0.3, -0.25) is 9.59 Å². The summed E-state index contributed by atoms with van der Waals surface area (Å²) >= 11 is 0. The number of anilines is 2. The van der Waals surface area contributed by atoms with E-state index in [1.807, 2.05) is 39.0 Å². The topological polar surface area (TPSA) is 95.6 Å². The predicted molar refractivity (Wildman–Crippen MR) is 121 cm³/mol. The Morgan fingerprint density at radius 3 is 2.45 bits per heavy atom. The number of rotatable bonds is 8. The number of benzene rings is 2. The molecule has 2 N–H and O–H groups in total. The summed E-state index contributed by atoms with van der Waals surface area (Å²) in [7, 11) is -3.69. The number of hydrogen-bond donors (Lipinski definition) is 2. The third kappa shape index (κ3) is 5.71. The summed E-state index contributed by atoms with van der Waals surface area (Å²) in [5, 5.41) is 2.77. The summed E-state index contributed by atoms with van der Waals surface area (Å²) in [5.74, 6) is 0.244. The van der Waals surface area contributed by atoms with Crippen LogP contribution in [0.3, 0.4) is 0 Å². The molecule has 0 spiro atoms. The average Bonchev–Trinajstić information content (AvgIpc) is 3.15. The average molecular weight is 444 g/mol.